The van der Waals surface area contributed by atoms with Gasteiger partial charge >= 0.3 is 0 Å². The zero-order valence-electron chi connectivity index (χ0n) is 22.9. The standard InChI is InChI=1S/C29H34FN5O4S/c1-5-18-15-35(24-22(36)16-39-25(18)24)28(38)21(14-17(2)3)31-27(37)20-8-6-19(7-9-20)23-26(30)40-29(32-23)34-12-10-33(4)11-13-34/h1,6-9,17-18,21,24-25H,10-16H2,2-4H3,(H,31,37)/t18?,21?,24-,25-/m1/s1. The summed E-state index contributed by atoms with van der Waals surface area (Å²) in [5.41, 5.74) is 1.17. The summed E-state index contributed by atoms with van der Waals surface area (Å²) in [4.78, 5) is 49.6. The van der Waals surface area contributed by atoms with E-state index in [-0.39, 0.29) is 47.5 Å². The van der Waals surface area contributed by atoms with Crippen molar-refractivity contribution >= 4 is 34.1 Å². The van der Waals surface area contributed by atoms with Crippen molar-refractivity contribution in [1.29, 1.82) is 0 Å². The number of benzene rings is 1. The molecule has 1 aromatic heterocycles. The Hall–Kier alpha value is -3.33. The van der Waals surface area contributed by atoms with E-state index >= 15 is 0 Å². The van der Waals surface area contributed by atoms with Crippen molar-refractivity contribution in [3.8, 4) is 23.6 Å². The molecule has 0 bridgehead atoms. The molecule has 0 saturated carbocycles. The minimum atomic E-state index is -0.833. The number of nitrogens with zero attached hydrogens (tertiary/aromatic N) is 4. The number of rotatable bonds is 7. The Morgan fingerprint density at radius 2 is 1.93 bits per heavy atom. The minimum Gasteiger partial charge on any atom is -0.366 e. The van der Waals surface area contributed by atoms with Gasteiger partial charge in [0, 0.05) is 43.9 Å². The number of carbonyl (C=O) groups is 3. The second-order valence-electron chi connectivity index (χ2n) is 11.1. The lowest BCUT2D eigenvalue weighted by molar-refractivity contribution is -0.138. The zero-order chi connectivity index (χ0) is 28.6. The third kappa shape index (κ3) is 5.61. The van der Waals surface area contributed by atoms with Gasteiger partial charge in [-0.2, -0.15) is 4.39 Å². The molecule has 11 heteroatoms. The number of Topliss-reactive ketones (excluding diaryl/α,β-unsaturated/α-hetero) is 1. The highest BCUT2D eigenvalue weighted by Gasteiger charge is 2.52. The number of halogens is 1. The summed E-state index contributed by atoms with van der Waals surface area (Å²) in [5.74, 6) is 1.43. The predicted molar refractivity (Wildman–Crippen MR) is 150 cm³/mol. The van der Waals surface area contributed by atoms with Crippen LogP contribution in [0.1, 0.15) is 30.6 Å². The van der Waals surface area contributed by atoms with Gasteiger partial charge in [0.25, 0.3) is 5.91 Å². The maximum absolute atomic E-state index is 14.8. The average Bonchev–Trinajstić information content (AvgIpc) is 3.62. The maximum atomic E-state index is 14.8. The lowest BCUT2D eigenvalue weighted by Crippen LogP contribution is -2.52. The second kappa shape index (κ2) is 11.6. The van der Waals surface area contributed by atoms with Crippen LogP contribution in [-0.2, 0) is 14.3 Å². The predicted octanol–water partition coefficient (Wildman–Crippen LogP) is 2.27. The van der Waals surface area contributed by atoms with Gasteiger partial charge in [-0.25, -0.2) is 4.98 Å². The van der Waals surface area contributed by atoms with E-state index in [9.17, 15) is 18.8 Å². The number of likely N-dealkylation sites (N-methyl/N-ethyl adjacent to an activating group) is 1. The number of piperazine rings is 1. The second-order valence-corrected chi connectivity index (χ2v) is 12.0. The van der Waals surface area contributed by atoms with E-state index in [0.717, 1.165) is 37.5 Å². The number of ketones is 1. The first kappa shape index (κ1) is 28.2. The molecule has 4 atom stereocenters. The fourth-order valence-corrected chi connectivity index (χ4v) is 6.41. The molecule has 2 aromatic rings. The Balaban J connectivity index is 1.29. The number of hydrogen-bond acceptors (Lipinski definition) is 8. The number of terminal acetylenes is 1. The largest absolute Gasteiger partial charge is 0.366 e. The molecule has 0 aliphatic carbocycles. The molecule has 0 radical (unpaired) electrons. The summed E-state index contributed by atoms with van der Waals surface area (Å²) < 4.78 is 20.4. The van der Waals surface area contributed by atoms with Gasteiger partial charge in [0.1, 0.15) is 30.5 Å². The molecule has 2 unspecified atom stereocenters. The molecule has 0 spiro atoms. The molecule has 40 heavy (non-hydrogen) atoms. The van der Waals surface area contributed by atoms with Gasteiger partial charge in [0.15, 0.2) is 10.9 Å². The topological polar surface area (TPSA) is 95.1 Å². The lowest BCUT2D eigenvalue weighted by Gasteiger charge is -2.31. The highest BCUT2D eigenvalue weighted by atomic mass is 32.1. The summed E-state index contributed by atoms with van der Waals surface area (Å²) in [6.45, 7) is 7.44. The van der Waals surface area contributed by atoms with Crippen molar-refractivity contribution in [1.82, 2.24) is 20.1 Å². The summed E-state index contributed by atoms with van der Waals surface area (Å²) in [6, 6.07) is 4.98. The van der Waals surface area contributed by atoms with Crippen LogP contribution in [0.25, 0.3) is 11.3 Å². The van der Waals surface area contributed by atoms with E-state index in [4.69, 9.17) is 11.2 Å². The summed E-state index contributed by atoms with van der Waals surface area (Å²) in [5, 5.41) is 3.14. The lowest BCUT2D eigenvalue weighted by atomic mass is 10.0. The first-order valence-electron chi connectivity index (χ1n) is 13.6. The molecule has 9 nitrogen and oxygen atoms in total. The number of fused-ring (bicyclic) bond motifs is 1. The molecule has 212 valence electrons. The molecule has 3 aliphatic heterocycles. The molecular formula is C29H34FN5O4S. The van der Waals surface area contributed by atoms with Gasteiger partial charge < -0.3 is 24.8 Å². The molecular weight excluding hydrogens is 533 g/mol. The Kier molecular flexibility index (Phi) is 8.21. The Morgan fingerprint density at radius 3 is 2.58 bits per heavy atom. The number of carbonyl (C=O) groups excluding carboxylic acids is 3. The monoisotopic (exact) mass is 567 g/mol. The highest BCUT2D eigenvalue weighted by molar-refractivity contribution is 7.14. The normalized spacial score (nSPS) is 23.8. The highest BCUT2D eigenvalue weighted by Crippen LogP contribution is 2.33. The van der Waals surface area contributed by atoms with Crippen LogP contribution in [0.5, 0.6) is 0 Å². The number of anilines is 1. The van der Waals surface area contributed by atoms with Crippen LogP contribution in [0, 0.1) is 29.3 Å². The zero-order valence-corrected chi connectivity index (χ0v) is 23.7. The van der Waals surface area contributed by atoms with Crippen molar-refractivity contribution in [3.63, 3.8) is 0 Å². The summed E-state index contributed by atoms with van der Waals surface area (Å²) >= 11 is 1.03. The smallest absolute Gasteiger partial charge is 0.251 e. The summed E-state index contributed by atoms with van der Waals surface area (Å²) in [7, 11) is 2.06. The van der Waals surface area contributed by atoms with E-state index in [2.05, 4.69) is 33.1 Å². The van der Waals surface area contributed by atoms with Crippen molar-refractivity contribution in [2.75, 3.05) is 51.3 Å². The van der Waals surface area contributed by atoms with Crippen LogP contribution in [0.2, 0.25) is 0 Å². The molecule has 4 heterocycles. The van der Waals surface area contributed by atoms with Gasteiger partial charge in [-0.15, -0.1) is 6.42 Å². The van der Waals surface area contributed by atoms with E-state index in [1.807, 2.05) is 13.8 Å². The number of aromatic nitrogens is 1. The van der Waals surface area contributed by atoms with Gasteiger partial charge in [0.2, 0.25) is 11.0 Å². The van der Waals surface area contributed by atoms with Gasteiger partial charge in [-0.3, -0.25) is 14.4 Å². The maximum Gasteiger partial charge on any atom is 0.251 e. The van der Waals surface area contributed by atoms with Crippen LogP contribution < -0.4 is 10.2 Å². The molecule has 2 amide bonds. The summed E-state index contributed by atoms with van der Waals surface area (Å²) in [6.07, 6.45) is 5.53. The van der Waals surface area contributed by atoms with Gasteiger partial charge in [-0.1, -0.05) is 43.2 Å². The molecule has 3 fully saturated rings. The van der Waals surface area contributed by atoms with Crippen molar-refractivity contribution in [3.05, 3.63) is 35.0 Å². The molecule has 3 saturated heterocycles. The van der Waals surface area contributed by atoms with E-state index in [1.54, 1.807) is 24.3 Å². The van der Waals surface area contributed by atoms with Crippen LogP contribution >= 0.6 is 11.3 Å². The number of likely N-dealkylation sites (tertiary alicyclic amines) is 1. The number of ether oxygens (including phenoxy) is 1. The van der Waals surface area contributed by atoms with E-state index in [1.165, 1.54) is 4.90 Å². The molecule has 1 aromatic carbocycles. The first-order valence-corrected chi connectivity index (χ1v) is 14.4. The van der Waals surface area contributed by atoms with Crippen LogP contribution in [0.15, 0.2) is 24.3 Å². The van der Waals surface area contributed by atoms with Crippen LogP contribution in [0.4, 0.5) is 9.52 Å². The van der Waals surface area contributed by atoms with Crippen molar-refractivity contribution < 1.29 is 23.5 Å². The Labute approximate surface area is 237 Å². The fraction of sp³-hybridized carbons (Fsp3) is 0.517. The SMILES string of the molecule is C#CC1CN(C(=O)C(CC(C)C)NC(=O)c2ccc(-c3nc(N4CCN(C)CC4)sc3F)cc2)[C@@H]2C(=O)CO[C@H]12. The third-order valence-electron chi connectivity index (χ3n) is 7.76. The number of amides is 2. The van der Waals surface area contributed by atoms with Gasteiger partial charge in [0.05, 0.1) is 5.92 Å². The van der Waals surface area contributed by atoms with Crippen LogP contribution in [-0.4, -0.2) is 96.9 Å². The fourth-order valence-electron chi connectivity index (χ4n) is 5.55. The molecule has 5 rings (SSSR count). The number of thiazole rings is 1. The third-order valence-corrected chi connectivity index (χ3v) is 8.67. The van der Waals surface area contributed by atoms with Crippen molar-refractivity contribution in [2.24, 2.45) is 11.8 Å². The van der Waals surface area contributed by atoms with Crippen molar-refractivity contribution in [2.45, 2.75) is 38.5 Å². The number of nitrogens with one attached hydrogen (secondary N) is 1. The first-order chi connectivity index (χ1) is 19.2. The van der Waals surface area contributed by atoms with Gasteiger partial charge in [-0.05, 0) is 31.5 Å². The van der Waals surface area contributed by atoms with Crippen LogP contribution in [0.3, 0.4) is 0 Å². The van der Waals surface area contributed by atoms with E-state index in [0.29, 0.717) is 22.7 Å². The molecule has 3 aliphatic rings. The average molecular weight is 568 g/mol. The quantitative estimate of drug-likeness (QED) is 0.513. The Morgan fingerprint density at radius 1 is 1.23 bits per heavy atom. The van der Waals surface area contributed by atoms with E-state index < -0.39 is 24.1 Å². The number of hydrogen-bond donors (Lipinski definition) is 1. The molecule has 1 N–H and O–H groups in total. The minimum absolute atomic E-state index is 0.0682. The Bertz CT molecular complexity index is 1310.